The molecule has 0 aromatic heterocycles. The van der Waals surface area contributed by atoms with Crippen LogP contribution in [0.5, 0.6) is 23.0 Å². The van der Waals surface area contributed by atoms with Crippen LogP contribution in [0.4, 0.5) is 0 Å². The molecular formula is C34H34O12. The molecule has 7 N–H and O–H groups in total. The van der Waals surface area contributed by atoms with Crippen LogP contribution in [0.25, 0.3) is 12.2 Å². The van der Waals surface area contributed by atoms with Crippen LogP contribution < -0.4 is 0 Å². The molecule has 3 aromatic carbocycles. The van der Waals surface area contributed by atoms with Gasteiger partial charge in [0.15, 0.2) is 34.7 Å². The maximum Gasteiger partial charge on any atom is 0.336 e. The number of hydrogen-bond acceptors (Lipinski definition) is 11. The first-order valence-electron chi connectivity index (χ1n) is 14.3. The molecule has 1 saturated carbocycles. The molecule has 0 aliphatic heterocycles. The zero-order chi connectivity index (χ0) is 33.6. The van der Waals surface area contributed by atoms with Crippen molar-refractivity contribution in [2.24, 2.45) is 5.92 Å². The first-order valence-corrected chi connectivity index (χ1v) is 14.3. The normalized spacial score (nSPS) is 22.9. The van der Waals surface area contributed by atoms with E-state index in [1.54, 1.807) is 18.2 Å². The Bertz CT molecular complexity index is 1660. The number of hydrogen-bond donors (Lipinski definition) is 7. The summed E-state index contributed by atoms with van der Waals surface area (Å²) in [5.41, 5.74) is -0.442. The fourth-order valence-corrected chi connectivity index (χ4v) is 5.33. The van der Waals surface area contributed by atoms with Crippen molar-refractivity contribution in [2.75, 3.05) is 0 Å². The summed E-state index contributed by atoms with van der Waals surface area (Å²) in [5, 5.41) is 71.1. The van der Waals surface area contributed by atoms with Gasteiger partial charge in [0.25, 0.3) is 0 Å². The molecule has 0 spiro atoms. The Hall–Kier alpha value is -5.33. The van der Waals surface area contributed by atoms with E-state index >= 15 is 0 Å². The topological polar surface area (TPSA) is 211 Å². The maximum atomic E-state index is 13.1. The average molecular weight is 635 g/mol. The second-order valence-corrected chi connectivity index (χ2v) is 11.0. The Kier molecular flexibility index (Phi) is 10.3. The summed E-state index contributed by atoms with van der Waals surface area (Å²) in [6, 6.07) is 14.7. The van der Waals surface area contributed by atoms with Crippen LogP contribution in [0.3, 0.4) is 0 Å². The minimum Gasteiger partial charge on any atom is -0.504 e. The number of ether oxygens (including phenoxy) is 2. The Labute approximate surface area is 263 Å². The van der Waals surface area contributed by atoms with E-state index in [9.17, 15) is 50.1 Å². The highest BCUT2D eigenvalue weighted by molar-refractivity contribution is 5.88. The van der Waals surface area contributed by atoms with Crippen molar-refractivity contribution in [2.45, 2.75) is 50.1 Å². The molecule has 1 aliphatic carbocycles. The first kappa shape index (κ1) is 33.6. The van der Waals surface area contributed by atoms with Gasteiger partial charge in [-0.1, -0.05) is 43.3 Å². The van der Waals surface area contributed by atoms with Crippen LogP contribution in [0, 0.1) is 5.92 Å². The van der Waals surface area contributed by atoms with Crippen LogP contribution in [-0.4, -0.2) is 77.6 Å². The van der Waals surface area contributed by atoms with Gasteiger partial charge in [-0.05, 0) is 71.5 Å². The Morgan fingerprint density at radius 1 is 0.783 bits per heavy atom. The minimum absolute atomic E-state index is 0.131. The van der Waals surface area contributed by atoms with E-state index in [2.05, 4.69) is 0 Å². The lowest BCUT2D eigenvalue weighted by molar-refractivity contribution is -0.223. The number of phenols is 4. The second-order valence-electron chi connectivity index (χ2n) is 11.0. The Morgan fingerprint density at radius 3 is 1.80 bits per heavy atom. The highest BCUT2D eigenvalue weighted by Gasteiger charge is 2.59. The van der Waals surface area contributed by atoms with Gasteiger partial charge in [0.1, 0.15) is 6.10 Å². The van der Waals surface area contributed by atoms with Gasteiger partial charge < -0.3 is 45.2 Å². The number of rotatable bonds is 10. The summed E-state index contributed by atoms with van der Waals surface area (Å²) in [7, 11) is 0. The number of phenolic OH excluding ortho intramolecular Hbond substituents is 4. The number of aliphatic carboxylic acids is 1. The molecular weight excluding hydrogens is 600 g/mol. The quantitative estimate of drug-likeness (QED) is 0.0975. The minimum atomic E-state index is -2.60. The summed E-state index contributed by atoms with van der Waals surface area (Å²) >= 11 is 0. The Balaban J connectivity index is 1.68. The van der Waals surface area contributed by atoms with Crippen molar-refractivity contribution < 1.29 is 59.6 Å². The fraction of sp³-hybridized carbons (Fsp3) is 0.265. The van der Waals surface area contributed by atoms with Crippen LogP contribution >= 0.6 is 0 Å². The molecule has 0 saturated heterocycles. The summed E-state index contributed by atoms with van der Waals surface area (Å²) in [5.74, 6) is -6.73. The molecule has 242 valence electrons. The highest BCUT2D eigenvalue weighted by Crippen LogP contribution is 2.40. The van der Waals surface area contributed by atoms with Crippen molar-refractivity contribution in [3.63, 3.8) is 0 Å². The smallest absolute Gasteiger partial charge is 0.336 e. The van der Waals surface area contributed by atoms with Crippen molar-refractivity contribution in [1.82, 2.24) is 0 Å². The molecule has 3 aromatic rings. The molecule has 4 rings (SSSR count). The molecule has 1 aliphatic rings. The predicted octanol–water partition coefficient (Wildman–Crippen LogP) is 3.06. The maximum absolute atomic E-state index is 13.1. The Morgan fingerprint density at radius 2 is 1.30 bits per heavy atom. The number of aromatic hydroxyl groups is 4. The third kappa shape index (κ3) is 7.84. The van der Waals surface area contributed by atoms with Gasteiger partial charge in [0, 0.05) is 24.5 Å². The summed E-state index contributed by atoms with van der Waals surface area (Å²) in [6.07, 6.45) is -0.820. The molecule has 12 nitrogen and oxygen atoms in total. The zero-order valence-corrected chi connectivity index (χ0v) is 24.7. The van der Waals surface area contributed by atoms with E-state index in [4.69, 9.17) is 9.47 Å². The second kappa shape index (κ2) is 14.2. The SMILES string of the molecule is CCc1cccc(C[C@@H]2[C@@H](OC(=O)C=Cc3ccc(O)c(O)c3)[C@@H](OC(=O)C=Cc3ccc(O)c(O)c3)[C@H](O)C[C@]2(O)C(=O)O)c1. The number of esters is 2. The third-order valence-corrected chi connectivity index (χ3v) is 7.79. The van der Waals surface area contributed by atoms with Crippen LogP contribution in [0.2, 0.25) is 0 Å². The highest BCUT2D eigenvalue weighted by atomic mass is 16.6. The standard InChI is InChI=1S/C34H34O12/c1-2-19-4-3-5-22(14-19)15-23-31(45-29(40)12-8-20-6-10-24(35)26(37)16-20)32(28(39)18-34(23,44)33(42)43)46-30(41)13-9-21-7-11-25(36)27(38)17-21/h3-14,16-17,23,28,31-32,35-39,44H,2,15,18H2,1H3,(H,42,43)/t23-,28-,31-,32+,34-/m1/s1. The number of carbonyl (C=O) groups is 3. The lowest BCUT2D eigenvalue weighted by Gasteiger charge is -2.46. The van der Waals surface area contributed by atoms with Crippen LogP contribution in [0.1, 0.15) is 35.6 Å². The van der Waals surface area contributed by atoms with Gasteiger partial charge in [0.2, 0.25) is 0 Å². The third-order valence-electron chi connectivity index (χ3n) is 7.79. The molecule has 0 unspecified atom stereocenters. The lowest BCUT2D eigenvalue weighted by Crippen LogP contribution is -2.65. The van der Waals surface area contributed by atoms with Gasteiger partial charge >= 0.3 is 17.9 Å². The molecule has 0 heterocycles. The van der Waals surface area contributed by atoms with Gasteiger partial charge in [-0.15, -0.1) is 0 Å². The zero-order valence-electron chi connectivity index (χ0n) is 24.7. The largest absolute Gasteiger partial charge is 0.504 e. The fourth-order valence-electron chi connectivity index (χ4n) is 5.33. The predicted molar refractivity (Wildman–Crippen MR) is 164 cm³/mol. The van der Waals surface area contributed by atoms with E-state index < -0.39 is 65.7 Å². The number of benzene rings is 3. The summed E-state index contributed by atoms with van der Waals surface area (Å²) < 4.78 is 11.2. The molecule has 0 radical (unpaired) electrons. The molecule has 1 fully saturated rings. The van der Waals surface area contributed by atoms with Crippen LogP contribution in [0.15, 0.2) is 72.8 Å². The molecule has 5 atom stereocenters. The van der Waals surface area contributed by atoms with E-state index in [0.29, 0.717) is 23.1 Å². The van der Waals surface area contributed by atoms with Gasteiger partial charge in [-0.3, -0.25) is 0 Å². The monoisotopic (exact) mass is 634 g/mol. The van der Waals surface area contributed by atoms with Crippen molar-refractivity contribution in [1.29, 1.82) is 0 Å². The molecule has 46 heavy (non-hydrogen) atoms. The molecule has 12 heteroatoms. The molecule has 0 amide bonds. The van der Waals surface area contributed by atoms with E-state index in [1.807, 2.05) is 13.0 Å². The van der Waals surface area contributed by atoms with E-state index in [0.717, 1.165) is 17.7 Å². The molecule has 0 bridgehead atoms. The summed E-state index contributed by atoms with van der Waals surface area (Å²) in [4.78, 5) is 38.5. The van der Waals surface area contributed by atoms with Gasteiger partial charge in [-0.25, -0.2) is 14.4 Å². The number of aryl methyl sites for hydroxylation is 1. The number of carbonyl (C=O) groups excluding carboxylic acids is 2. The van der Waals surface area contributed by atoms with Crippen molar-refractivity contribution in [3.05, 3.63) is 95.1 Å². The van der Waals surface area contributed by atoms with E-state index in [1.165, 1.54) is 48.6 Å². The number of aliphatic hydroxyl groups is 2. The summed E-state index contributed by atoms with van der Waals surface area (Å²) in [6.45, 7) is 1.93. The van der Waals surface area contributed by atoms with Crippen LogP contribution in [-0.2, 0) is 36.7 Å². The van der Waals surface area contributed by atoms with E-state index in [-0.39, 0.29) is 17.9 Å². The van der Waals surface area contributed by atoms with Crippen molar-refractivity contribution in [3.8, 4) is 23.0 Å². The number of carboxylic acids is 1. The lowest BCUT2D eigenvalue weighted by atomic mass is 9.68. The first-order chi connectivity index (χ1) is 21.8. The van der Waals surface area contributed by atoms with Gasteiger partial charge in [0.05, 0.1) is 6.10 Å². The van der Waals surface area contributed by atoms with Gasteiger partial charge in [-0.2, -0.15) is 0 Å². The number of carboxylic acid groups (broad SMARTS) is 1. The number of aliphatic hydroxyl groups excluding tert-OH is 1. The average Bonchev–Trinajstić information content (AvgIpc) is 3.02. The van der Waals surface area contributed by atoms with Crippen molar-refractivity contribution >= 4 is 30.1 Å².